The molecule has 0 radical (unpaired) electrons. The van der Waals surface area contributed by atoms with Gasteiger partial charge in [0.1, 0.15) is 5.75 Å². The smallest absolute Gasteiger partial charge is 0.251 e. The summed E-state index contributed by atoms with van der Waals surface area (Å²) < 4.78 is 5.38. The van der Waals surface area contributed by atoms with Crippen molar-refractivity contribution in [1.82, 2.24) is 5.32 Å². The van der Waals surface area contributed by atoms with Crippen molar-refractivity contribution in [2.45, 2.75) is 45.4 Å². The number of nitrogen functional groups attached to an aromatic ring is 1. The number of rotatable bonds is 6. The summed E-state index contributed by atoms with van der Waals surface area (Å²) >= 11 is 0. The van der Waals surface area contributed by atoms with Gasteiger partial charge >= 0.3 is 0 Å². The lowest BCUT2D eigenvalue weighted by Crippen LogP contribution is -2.26. The van der Waals surface area contributed by atoms with Gasteiger partial charge in [-0.25, -0.2) is 0 Å². The van der Waals surface area contributed by atoms with E-state index in [0.717, 1.165) is 18.9 Å². The Balaban J connectivity index is 1.81. The largest absolute Gasteiger partial charge is 0.492 e. The summed E-state index contributed by atoms with van der Waals surface area (Å²) in [5.41, 5.74) is 6.99. The van der Waals surface area contributed by atoms with Gasteiger partial charge in [-0.3, -0.25) is 4.79 Å². The molecular formula is C17H26N2O2. The standard InChI is InChI=1S/C17H26N2O2/c1-2-21-16-9-8-14(12-15(16)18)17(20)19-11-10-13-6-4-3-5-7-13/h8-9,12-13H,2-7,10-11,18H2,1H3,(H,19,20). The van der Waals surface area contributed by atoms with Crippen LogP contribution in [0.15, 0.2) is 18.2 Å². The summed E-state index contributed by atoms with van der Waals surface area (Å²) in [6, 6.07) is 5.20. The fraction of sp³-hybridized carbons (Fsp3) is 0.588. The highest BCUT2D eigenvalue weighted by Crippen LogP contribution is 2.26. The van der Waals surface area contributed by atoms with Crippen LogP contribution in [0.2, 0.25) is 0 Å². The first-order valence-corrected chi connectivity index (χ1v) is 8.01. The molecule has 1 aliphatic rings. The third-order valence-electron chi connectivity index (χ3n) is 4.13. The van der Waals surface area contributed by atoms with E-state index in [1.165, 1.54) is 32.1 Å². The molecule has 0 spiro atoms. The van der Waals surface area contributed by atoms with Crippen molar-refractivity contribution in [3.8, 4) is 5.75 Å². The van der Waals surface area contributed by atoms with Gasteiger partial charge in [-0.2, -0.15) is 0 Å². The van der Waals surface area contributed by atoms with E-state index < -0.39 is 0 Å². The molecule has 1 aromatic rings. The van der Waals surface area contributed by atoms with Gasteiger partial charge in [-0.15, -0.1) is 0 Å². The highest BCUT2D eigenvalue weighted by molar-refractivity contribution is 5.95. The zero-order valence-corrected chi connectivity index (χ0v) is 12.9. The van der Waals surface area contributed by atoms with Gasteiger partial charge in [0.2, 0.25) is 0 Å². The highest BCUT2D eigenvalue weighted by Gasteiger charge is 2.14. The molecule has 1 amide bonds. The minimum absolute atomic E-state index is 0.0550. The molecule has 1 aliphatic carbocycles. The second kappa shape index (κ2) is 7.91. The van der Waals surface area contributed by atoms with Crippen LogP contribution in [-0.4, -0.2) is 19.1 Å². The van der Waals surface area contributed by atoms with Crippen molar-refractivity contribution >= 4 is 11.6 Å². The van der Waals surface area contributed by atoms with Crippen LogP contribution < -0.4 is 15.8 Å². The summed E-state index contributed by atoms with van der Waals surface area (Å²) in [5.74, 6) is 1.36. The minimum Gasteiger partial charge on any atom is -0.492 e. The Kier molecular flexibility index (Phi) is 5.90. The van der Waals surface area contributed by atoms with Crippen LogP contribution in [0, 0.1) is 5.92 Å². The number of benzene rings is 1. The van der Waals surface area contributed by atoms with Gasteiger partial charge in [-0.1, -0.05) is 32.1 Å². The summed E-state index contributed by atoms with van der Waals surface area (Å²) in [5, 5.41) is 2.99. The summed E-state index contributed by atoms with van der Waals surface area (Å²) in [6.45, 7) is 3.22. The molecule has 4 heteroatoms. The Morgan fingerprint density at radius 3 is 2.76 bits per heavy atom. The van der Waals surface area contributed by atoms with Crippen molar-refractivity contribution in [3.05, 3.63) is 23.8 Å². The summed E-state index contributed by atoms with van der Waals surface area (Å²) in [6.07, 6.45) is 7.76. The molecule has 21 heavy (non-hydrogen) atoms. The van der Waals surface area contributed by atoms with E-state index in [4.69, 9.17) is 10.5 Å². The third kappa shape index (κ3) is 4.66. The van der Waals surface area contributed by atoms with Gasteiger partial charge in [0.25, 0.3) is 5.91 Å². The Labute approximate surface area is 127 Å². The van der Waals surface area contributed by atoms with E-state index in [-0.39, 0.29) is 5.91 Å². The SMILES string of the molecule is CCOc1ccc(C(=O)NCCC2CCCCC2)cc1N. The molecule has 0 saturated heterocycles. The first-order valence-electron chi connectivity index (χ1n) is 8.01. The van der Waals surface area contributed by atoms with Gasteiger partial charge < -0.3 is 15.8 Å². The molecule has 0 atom stereocenters. The van der Waals surface area contributed by atoms with Crippen LogP contribution in [0.1, 0.15) is 55.8 Å². The molecule has 116 valence electrons. The lowest BCUT2D eigenvalue weighted by Gasteiger charge is -2.21. The van der Waals surface area contributed by atoms with E-state index >= 15 is 0 Å². The molecular weight excluding hydrogens is 264 g/mol. The fourth-order valence-electron chi connectivity index (χ4n) is 2.94. The molecule has 0 aliphatic heterocycles. The van der Waals surface area contributed by atoms with Crippen LogP contribution in [0.3, 0.4) is 0 Å². The Morgan fingerprint density at radius 1 is 1.33 bits per heavy atom. The van der Waals surface area contributed by atoms with Gasteiger partial charge in [0.05, 0.1) is 12.3 Å². The fourth-order valence-corrected chi connectivity index (χ4v) is 2.94. The monoisotopic (exact) mass is 290 g/mol. The average Bonchev–Trinajstić information content (AvgIpc) is 2.50. The van der Waals surface area contributed by atoms with Crippen LogP contribution in [0.4, 0.5) is 5.69 Å². The number of hydrogen-bond donors (Lipinski definition) is 2. The molecule has 1 saturated carbocycles. The van der Waals surface area contributed by atoms with Crippen LogP contribution in [-0.2, 0) is 0 Å². The van der Waals surface area contributed by atoms with E-state index in [0.29, 0.717) is 23.6 Å². The molecule has 0 bridgehead atoms. The number of carbonyl (C=O) groups excluding carboxylic acids is 1. The van der Waals surface area contributed by atoms with E-state index in [1.807, 2.05) is 6.92 Å². The topological polar surface area (TPSA) is 64.3 Å². The molecule has 0 aromatic heterocycles. The number of nitrogens with one attached hydrogen (secondary N) is 1. The van der Waals surface area contributed by atoms with Crippen LogP contribution in [0.25, 0.3) is 0 Å². The number of hydrogen-bond acceptors (Lipinski definition) is 3. The molecule has 4 nitrogen and oxygen atoms in total. The van der Waals surface area contributed by atoms with Crippen molar-refractivity contribution in [1.29, 1.82) is 0 Å². The lowest BCUT2D eigenvalue weighted by atomic mass is 9.87. The number of carbonyl (C=O) groups is 1. The summed E-state index contributed by atoms with van der Waals surface area (Å²) in [7, 11) is 0. The van der Waals surface area contributed by atoms with Crippen LogP contribution >= 0.6 is 0 Å². The Bertz CT molecular complexity index is 468. The van der Waals surface area contributed by atoms with E-state index in [9.17, 15) is 4.79 Å². The van der Waals surface area contributed by atoms with Crippen molar-refractivity contribution in [2.75, 3.05) is 18.9 Å². The van der Waals surface area contributed by atoms with E-state index in [2.05, 4.69) is 5.32 Å². The van der Waals surface area contributed by atoms with Gasteiger partial charge in [-0.05, 0) is 37.5 Å². The molecule has 0 heterocycles. The number of nitrogens with two attached hydrogens (primary N) is 1. The molecule has 1 fully saturated rings. The maximum Gasteiger partial charge on any atom is 0.251 e. The van der Waals surface area contributed by atoms with E-state index in [1.54, 1.807) is 18.2 Å². The zero-order valence-electron chi connectivity index (χ0n) is 12.9. The number of amides is 1. The average molecular weight is 290 g/mol. The normalized spacial score (nSPS) is 15.7. The van der Waals surface area contributed by atoms with Crippen LogP contribution in [0.5, 0.6) is 5.75 Å². The van der Waals surface area contributed by atoms with Crippen molar-refractivity contribution in [3.63, 3.8) is 0 Å². The first-order chi connectivity index (χ1) is 10.2. The summed E-state index contributed by atoms with van der Waals surface area (Å²) in [4.78, 5) is 12.1. The predicted molar refractivity (Wildman–Crippen MR) is 85.5 cm³/mol. The minimum atomic E-state index is -0.0550. The molecule has 1 aromatic carbocycles. The zero-order chi connectivity index (χ0) is 15.1. The van der Waals surface area contributed by atoms with Gasteiger partial charge in [0, 0.05) is 12.1 Å². The van der Waals surface area contributed by atoms with Crippen molar-refractivity contribution < 1.29 is 9.53 Å². The third-order valence-corrected chi connectivity index (χ3v) is 4.13. The van der Waals surface area contributed by atoms with Crippen molar-refractivity contribution in [2.24, 2.45) is 5.92 Å². The Morgan fingerprint density at radius 2 is 2.10 bits per heavy atom. The molecule has 0 unspecified atom stereocenters. The quantitative estimate of drug-likeness (QED) is 0.789. The predicted octanol–water partition coefficient (Wildman–Crippen LogP) is 3.37. The van der Waals surface area contributed by atoms with Gasteiger partial charge in [0.15, 0.2) is 0 Å². The maximum atomic E-state index is 12.1. The highest BCUT2D eigenvalue weighted by atomic mass is 16.5. The second-order valence-electron chi connectivity index (χ2n) is 5.73. The maximum absolute atomic E-state index is 12.1. The first kappa shape index (κ1) is 15.7. The second-order valence-corrected chi connectivity index (χ2v) is 5.73. The lowest BCUT2D eigenvalue weighted by molar-refractivity contribution is 0.0950. The molecule has 3 N–H and O–H groups in total. The Hall–Kier alpha value is -1.71. The number of ether oxygens (including phenoxy) is 1. The molecule has 2 rings (SSSR count). The number of anilines is 1.